The van der Waals surface area contributed by atoms with Crippen molar-refractivity contribution in [2.24, 2.45) is 0 Å². The first kappa shape index (κ1) is 7.47. The van der Waals surface area contributed by atoms with Crippen molar-refractivity contribution in [3.05, 3.63) is 22.8 Å². The van der Waals surface area contributed by atoms with E-state index in [4.69, 9.17) is 10.7 Å². The molecule has 0 aliphatic heterocycles. The normalized spacial score (nSPS) is 9.85. The molecule has 13 heavy (non-hydrogen) atoms. The summed E-state index contributed by atoms with van der Waals surface area (Å²) in [7, 11) is 0. The fraction of sp³-hybridized carbons (Fsp3) is 0.125. The Morgan fingerprint density at radius 3 is 2.92 bits per heavy atom. The smallest absolute Gasteiger partial charge is 0.163 e. The second-order valence-corrected chi connectivity index (χ2v) is 2.58. The van der Waals surface area contributed by atoms with Crippen molar-refractivity contribution in [3.8, 4) is 6.07 Å². The van der Waals surface area contributed by atoms with Crippen molar-refractivity contribution < 1.29 is 0 Å². The van der Waals surface area contributed by atoms with E-state index in [2.05, 4.69) is 16.1 Å². The summed E-state index contributed by atoms with van der Waals surface area (Å²) in [6.45, 7) is 1.77. The molecule has 0 spiro atoms. The Balaban J connectivity index is 3.13. The molecule has 62 valence electrons. The van der Waals surface area contributed by atoms with E-state index in [0.717, 1.165) is 0 Å². The molecule has 2 heterocycles. The molecule has 0 saturated carbocycles. The fourth-order valence-electron chi connectivity index (χ4n) is 1.27. The van der Waals surface area contributed by atoms with Gasteiger partial charge in [-0.2, -0.15) is 5.26 Å². The van der Waals surface area contributed by atoms with E-state index >= 15 is 0 Å². The summed E-state index contributed by atoms with van der Waals surface area (Å²) < 4.78 is 1.63. The number of aryl methyl sites for hydroxylation is 1. The summed E-state index contributed by atoms with van der Waals surface area (Å²) in [5.74, 6) is 2.87. The number of fused-ring (bicyclic) bond motifs is 1. The van der Waals surface area contributed by atoms with Crippen LogP contribution in [0, 0.1) is 23.7 Å². The van der Waals surface area contributed by atoms with Gasteiger partial charge >= 0.3 is 0 Å². The largest absolute Gasteiger partial charge is 0.270 e. The molecule has 1 N–H and O–H groups in total. The summed E-state index contributed by atoms with van der Waals surface area (Å²) in [5, 5.41) is 23.8. The van der Waals surface area contributed by atoms with Crippen molar-refractivity contribution in [1.82, 2.24) is 14.6 Å². The predicted molar refractivity (Wildman–Crippen MR) is 44.5 cm³/mol. The molecular formula is C8H5N5. The van der Waals surface area contributed by atoms with Crippen LogP contribution in [0.25, 0.3) is 5.65 Å². The quantitative estimate of drug-likeness (QED) is 0.545. The number of nitrogens with one attached hydrogen (secondary N) is 1. The van der Waals surface area contributed by atoms with Gasteiger partial charge in [-0.15, -0.1) is 10.2 Å². The van der Waals surface area contributed by atoms with Crippen LogP contribution in [0.4, 0.5) is 0 Å². The Hall–Kier alpha value is -2.18. The van der Waals surface area contributed by atoms with Crippen LogP contribution in [0.1, 0.15) is 11.4 Å². The Morgan fingerprint density at radius 1 is 1.54 bits per heavy atom. The van der Waals surface area contributed by atoms with Gasteiger partial charge in [0.05, 0.1) is 5.56 Å². The van der Waals surface area contributed by atoms with E-state index < -0.39 is 0 Å². The molecule has 0 fully saturated rings. The lowest BCUT2D eigenvalue weighted by molar-refractivity contribution is 0.991. The molecule has 5 heteroatoms. The van der Waals surface area contributed by atoms with Crippen LogP contribution < -0.4 is 5.35 Å². The number of nitrogens with zero attached hydrogens (tertiary/aromatic N) is 4. The van der Waals surface area contributed by atoms with E-state index in [1.54, 1.807) is 17.4 Å². The summed E-state index contributed by atoms with van der Waals surface area (Å²) in [5.41, 5.74) is 0.992. The molecule has 0 amide bonds. The van der Waals surface area contributed by atoms with Gasteiger partial charge in [-0.1, -0.05) is 0 Å². The lowest BCUT2D eigenvalue weighted by atomic mass is 10.3. The topological polar surface area (TPSA) is 77.8 Å². The lowest BCUT2D eigenvalue weighted by Gasteiger charge is -1.83. The third-order valence-corrected chi connectivity index (χ3v) is 1.84. The van der Waals surface area contributed by atoms with Gasteiger partial charge in [-0.25, -0.2) is 0 Å². The summed E-state index contributed by atoms with van der Waals surface area (Å²) in [6.07, 6.45) is 0. The maximum atomic E-state index is 8.72. The van der Waals surface area contributed by atoms with E-state index in [9.17, 15) is 0 Å². The van der Waals surface area contributed by atoms with Crippen molar-refractivity contribution >= 4 is 11.5 Å². The summed E-state index contributed by atoms with van der Waals surface area (Å²) in [4.78, 5) is 0. The van der Waals surface area contributed by atoms with Crippen molar-refractivity contribution in [2.75, 3.05) is 0 Å². The molecule has 2 rings (SSSR count). The van der Waals surface area contributed by atoms with Gasteiger partial charge in [-0.05, 0) is 6.92 Å². The Morgan fingerprint density at radius 2 is 2.31 bits per heavy atom. The fourth-order valence-corrected chi connectivity index (χ4v) is 1.27. The monoisotopic (exact) mass is 171 g/mol. The number of aromatic nitrogens is 3. The molecule has 0 aliphatic rings. The highest BCUT2D eigenvalue weighted by molar-refractivity contribution is 5.58. The minimum atomic E-state index is 0.406. The molecule has 2 aromatic rings. The average Bonchev–Trinajstić information content (AvgIpc) is 2.65. The van der Waals surface area contributed by atoms with Crippen molar-refractivity contribution in [1.29, 1.82) is 10.7 Å². The van der Waals surface area contributed by atoms with Crippen molar-refractivity contribution in [2.45, 2.75) is 6.92 Å². The van der Waals surface area contributed by atoms with E-state index in [1.165, 1.54) is 0 Å². The minimum absolute atomic E-state index is 0.406. The zero-order valence-electron chi connectivity index (χ0n) is 6.87. The third kappa shape index (κ3) is 0.835. The number of nitriles is 1. The van der Waals surface area contributed by atoms with Crippen LogP contribution >= 0.6 is 0 Å². The van der Waals surface area contributed by atoms with Gasteiger partial charge in [0, 0.05) is 11.9 Å². The van der Waals surface area contributed by atoms with Gasteiger partial charge in [-0.3, -0.25) is 9.81 Å². The molecule has 0 unspecified atom stereocenters. The average molecular weight is 171 g/mol. The first-order chi connectivity index (χ1) is 6.27. The molecule has 5 nitrogen and oxygen atoms in total. The SMILES string of the molecule is Cc1nnc2cc(C#N)c(=C=N)n12. The second kappa shape index (κ2) is 2.41. The summed E-state index contributed by atoms with van der Waals surface area (Å²) >= 11 is 0. The van der Waals surface area contributed by atoms with Crippen LogP contribution in [0.5, 0.6) is 0 Å². The van der Waals surface area contributed by atoms with Gasteiger partial charge < -0.3 is 0 Å². The first-order valence-electron chi connectivity index (χ1n) is 3.62. The molecule has 0 saturated heterocycles. The highest BCUT2D eigenvalue weighted by Crippen LogP contribution is 2.01. The molecule has 0 aromatic carbocycles. The zero-order chi connectivity index (χ0) is 9.42. The highest BCUT2D eigenvalue weighted by Gasteiger charge is 2.08. The van der Waals surface area contributed by atoms with Gasteiger partial charge in [0.1, 0.15) is 17.2 Å². The molecule has 0 aliphatic carbocycles. The van der Waals surface area contributed by atoms with Crippen LogP contribution in [0.2, 0.25) is 0 Å². The van der Waals surface area contributed by atoms with Gasteiger partial charge in [0.25, 0.3) is 0 Å². The maximum Gasteiger partial charge on any atom is 0.163 e. The van der Waals surface area contributed by atoms with Crippen molar-refractivity contribution in [3.63, 3.8) is 0 Å². The van der Waals surface area contributed by atoms with Crippen LogP contribution in [-0.4, -0.2) is 20.5 Å². The van der Waals surface area contributed by atoms with Crippen LogP contribution in [0.15, 0.2) is 6.07 Å². The molecular weight excluding hydrogens is 166 g/mol. The lowest BCUT2D eigenvalue weighted by Crippen LogP contribution is -2.14. The molecule has 2 aromatic heterocycles. The number of hydrogen-bond acceptors (Lipinski definition) is 4. The van der Waals surface area contributed by atoms with Gasteiger partial charge in [0.2, 0.25) is 0 Å². The Labute approximate surface area is 73.4 Å². The minimum Gasteiger partial charge on any atom is -0.270 e. The predicted octanol–water partition coefficient (Wildman–Crippen LogP) is -0.452. The maximum absolute atomic E-state index is 8.72. The third-order valence-electron chi connectivity index (χ3n) is 1.84. The van der Waals surface area contributed by atoms with Crippen LogP contribution in [0.3, 0.4) is 0 Å². The van der Waals surface area contributed by atoms with E-state index in [1.807, 2.05) is 6.07 Å². The van der Waals surface area contributed by atoms with E-state index in [-0.39, 0.29) is 0 Å². The highest BCUT2D eigenvalue weighted by atomic mass is 15.2. The molecule has 0 atom stereocenters. The zero-order valence-corrected chi connectivity index (χ0v) is 6.87. The molecule has 0 radical (unpaired) electrons. The first-order valence-corrected chi connectivity index (χ1v) is 3.62. The number of rotatable bonds is 0. The summed E-state index contributed by atoms with van der Waals surface area (Å²) in [6, 6.07) is 3.57. The van der Waals surface area contributed by atoms with E-state index in [0.29, 0.717) is 22.4 Å². The standard InChI is InChI=1S/C8H5N5/c1-5-11-12-8-2-6(3-9)7(4-10)13(5)8/h2,10H,1H3. The molecule has 0 bridgehead atoms. The second-order valence-electron chi connectivity index (χ2n) is 2.58. The van der Waals surface area contributed by atoms with Crippen LogP contribution in [-0.2, 0) is 0 Å². The number of hydrogen-bond donors (Lipinski definition) is 1. The van der Waals surface area contributed by atoms with Gasteiger partial charge in [0.15, 0.2) is 5.65 Å². The Kier molecular flexibility index (Phi) is 1.38. The Bertz CT molecular complexity index is 582.